The maximum atomic E-state index is 13.8. The van der Waals surface area contributed by atoms with Gasteiger partial charge in [0, 0.05) is 18.9 Å². The third-order valence-electron chi connectivity index (χ3n) is 3.91. The number of halogens is 1. The minimum absolute atomic E-state index is 0.0912. The summed E-state index contributed by atoms with van der Waals surface area (Å²) >= 11 is 0. The van der Waals surface area contributed by atoms with E-state index in [-0.39, 0.29) is 17.6 Å². The van der Waals surface area contributed by atoms with Gasteiger partial charge in [-0.1, -0.05) is 6.07 Å². The number of benzene rings is 1. The smallest absolute Gasteiger partial charge is 0.165 e. The second kappa shape index (κ2) is 6.15. The molecule has 0 spiro atoms. The van der Waals surface area contributed by atoms with Gasteiger partial charge < -0.3 is 10.1 Å². The van der Waals surface area contributed by atoms with E-state index in [1.165, 1.54) is 13.2 Å². The Morgan fingerprint density at radius 2 is 2.05 bits per heavy atom. The molecule has 1 aliphatic rings. The maximum absolute atomic E-state index is 13.8. The number of ether oxygens (including phenoxy) is 1. The van der Waals surface area contributed by atoms with Crippen LogP contribution in [0.25, 0.3) is 0 Å². The lowest BCUT2D eigenvalue weighted by molar-refractivity contribution is -0.121. The molecule has 1 unspecified atom stereocenters. The minimum Gasteiger partial charge on any atom is -0.494 e. The van der Waals surface area contributed by atoms with Crippen LogP contribution in [0.2, 0.25) is 0 Å². The van der Waals surface area contributed by atoms with Gasteiger partial charge in [-0.2, -0.15) is 0 Å². The van der Waals surface area contributed by atoms with Crippen molar-refractivity contribution >= 4 is 5.78 Å². The van der Waals surface area contributed by atoms with Crippen LogP contribution in [0.5, 0.6) is 5.75 Å². The van der Waals surface area contributed by atoms with Crippen molar-refractivity contribution in [3.8, 4) is 5.75 Å². The van der Waals surface area contributed by atoms with Crippen LogP contribution in [0.15, 0.2) is 18.2 Å². The van der Waals surface area contributed by atoms with Gasteiger partial charge in [-0.05, 0) is 43.5 Å². The van der Waals surface area contributed by atoms with E-state index in [0.717, 1.165) is 18.4 Å². The van der Waals surface area contributed by atoms with Crippen molar-refractivity contribution < 1.29 is 13.9 Å². The molecule has 0 saturated heterocycles. The summed E-state index contributed by atoms with van der Waals surface area (Å²) in [5.74, 6) is 0.645. The van der Waals surface area contributed by atoms with E-state index in [0.29, 0.717) is 24.5 Å². The number of nitrogens with one attached hydrogen (secondary N) is 1. The first-order chi connectivity index (χ1) is 9.15. The summed E-state index contributed by atoms with van der Waals surface area (Å²) < 4.78 is 18.7. The number of Topliss-reactive ketones (excluding diaryl/α,β-unsaturated/α-hetero) is 1. The van der Waals surface area contributed by atoms with Crippen LogP contribution in [0.3, 0.4) is 0 Å². The molecule has 0 radical (unpaired) electrons. The van der Waals surface area contributed by atoms with Crippen LogP contribution in [-0.2, 0) is 4.79 Å². The predicted molar refractivity (Wildman–Crippen MR) is 71.7 cm³/mol. The molecule has 104 valence electrons. The lowest BCUT2D eigenvalue weighted by atomic mass is 9.80. The van der Waals surface area contributed by atoms with Gasteiger partial charge in [0.1, 0.15) is 5.78 Å². The topological polar surface area (TPSA) is 38.3 Å². The Morgan fingerprint density at radius 3 is 2.58 bits per heavy atom. The van der Waals surface area contributed by atoms with Crippen molar-refractivity contribution in [3.63, 3.8) is 0 Å². The summed E-state index contributed by atoms with van der Waals surface area (Å²) in [7, 11) is 3.34. The van der Waals surface area contributed by atoms with Crippen LogP contribution in [-0.4, -0.2) is 19.9 Å². The Morgan fingerprint density at radius 1 is 1.37 bits per heavy atom. The third kappa shape index (κ3) is 3.13. The van der Waals surface area contributed by atoms with Crippen LogP contribution in [0.1, 0.15) is 37.3 Å². The largest absolute Gasteiger partial charge is 0.494 e. The van der Waals surface area contributed by atoms with Gasteiger partial charge >= 0.3 is 0 Å². The van der Waals surface area contributed by atoms with Gasteiger partial charge in [0.25, 0.3) is 0 Å². The zero-order valence-electron chi connectivity index (χ0n) is 11.4. The van der Waals surface area contributed by atoms with Crippen molar-refractivity contribution in [1.29, 1.82) is 0 Å². The van der Waals surface area contributed by atoms with Crippen LogP contribution in [0.4, 0.5) is 4.39 Å². The molecule has 1 aliphatic carbocycles. The Kier molecular flexibility index (Phi) is 4.53. The number of rotatable bonds is 4. The fourth-order valence-corrected chi connectivity index (χ4v) is 2.85. The SMILES string of the molecule is CNC(c1ccc(OC)c(F)c1)C1CCC(=O)CC1. The molecule has 1 saturated carbocycles. The molecule has 0 aromatic heterocycles. The van der Waals surface area contributed by atoms with Gasteiger partial charge in [-0.15, -0.1) is 0 Å². The van der Waals surface area contributed by atoms with Crippen molar-refractivity contribution in [2.24, 2.45) is 5.92 Å². The summed E-state index contributed by atoms with van der Waals surface area (Å²) in [6.07, 6.45) is 3.03. The second-order valence-electron chi connectivity index (χ2n) is 5.04. The third-order valence-corrected chi connectivity index (χ3v) is 3.91. The lowest BCUT2D eigenvalue weighted by Gasteiger charge is -2.30. The molecule has 19 heavy (non-hydrogen) atoms. The average Bonchev–Trinajstić information content (AvgIpc) is 2.42. The average molecular weight is 265 g/mol. The van der Waals surface area contributed by atoms with Gasteiger partial charge in [-0.25, -0.2) is 4.39 Å². The fourth-order valence-electron chi connectivity index (χ4n) is 2.85. The van der Waals surface area contributed by atoms with E-state index >= 15 is 0 Å². The van der Waals surface area contributed by atoms with Crippen molar-refractivity contribution in [2.75, 3.05) is 14.2 Å². The van der Waals surface area contributed by atoms with Gasteiger partial charge in [-0.3, -0.25) is 4.79 Å². The highest BCUT2D eigenvalue weighted by Gasteiger charge is 2.27. The number of ketones is 1. The predicted octanol–water partition coefficient (Wildman–Crippen LogP) is 2.85. The first-order valence-electron chi connectivity index (χ1n) is 6.68. The monoisotopic (exact) mass is 265 g/mol. The van der Waals surface area contributed by atoms with E-state index in [2.05, 4.69) is 5.32 Å². The first-order valence-corrected chi connectivity index (χ1v) is 6.68. The highest BCUT2D eigenvalue weighted by Crippen LogP contribution is 2.34. The normalized spacial score (nSPS) is 18.4. The Labute approximate surface area is 113 Å². The van der Waals surface area contributed by atoms with Gasteiger partial charge in [0.2, 0.25) is 0 Å². The molecule has 0 aliphatic heterocycles. The summed E-state index contributed by atoms with van der Waals surface area (Å²) in [4.78, 5) is 11.3. The molecule has 1 aromatic carbocycles. The van der Waals surface area contributed by atoms with Crippen LogP contribution >= 0.6 is 0 Å². The molecule has 1 atom stereocenters. The van der Waals surface area contributed by atoms with Crippen molar-refractivity contribution in [3.05, 3.63) is 29.6 Å². The molecule has 0 bridgehead atoms. The molecule has 1 N–H and O–H groups in total. The molecular weight excluding hydrogens is 245 g/mol. The molecule has 1 aromatic rings. The summed E-state index contributed by atoms with van der Waals surface area (Å²) in [6.45, 7) is 0. The molecule has 4 heteroatoms. The summed E-state index contributed by atoms with van der Waals surface area (Å²) in [5.41, 5.74) is 0.917. The molecular formula is C15H20FNO2. The zero-order chi connectivity index (χ0) is 13.8. The second-order valence-corrected chi connectivity index (χ2v) is 5.04. The maximum Gasteiger partial charge on any atom is 0.165 e. The van der Waals surface area contributed by atoms with E-state index in [1.54, 1.807) is 6.07 Å². The Hall–Kier alpha value is -1.42. The molecule has 0 heterocycles. The van der Waals surface area contributed by atoms with Crippen molar-refractivity contribution in [1.82, 2.24) is 5.32 Å². The first kappa shape index (κ1) is 14.0. The Balaban J connectivity index is 2.17. The highest BCUT2D eigenvalue weighted by atomic mass is 19.1. The van der Waals surface area contributed by atoms with Crippen LogP contribution < -0.4 is 10.1 Å². The molecule has 1 fully saturated rings. The van der Waals surface area contributed by atoms with E-state index in [1.807, 2.05) is 13.1 Å². The molecule has 0 amide bonds. The van der Waals surface area contributed by atoms with E-state index in [9.17, 15) is 9.18 Å². The van der Waals surface area contributed by atoms with Crippen LogP contribution in [0, 0.1) is 11.7 Å². The number of carbonyl (C=O) groups is 1. The number of methoxy groups -OCH3 is 1. The molecule has 2 rings (SSSR count). The minimum atomic E-state index is -0.341. The quantitative estimate of drug-likeness (QED) is 0.909. The van der Waals surface area contributed by atoms with Gasteiger partial charge in [0.15, 0.2) is 11.6 Å². The van der Waals surface area contributed by atoms with E-state index in [4.69, 9.17) is 4.74 Å². The summed E-state index contributed by atoms with van der Waals surface area (Å²) in [5, 5.41) is 3.25. The lowest BCUT2D eigenvalue weighted by Crippen LogP contribution is -2.28. The van der Waals surface area contributed by atoms with Crippen molar-refractivity contribution in [2.45, 2.75) is 31.7 Å². The zero-order valence-corrected chi connectivity index (χ0v) is 11.4. The fraction of sp³-hybridized carbons (Fsp3) is 0.533. The number of carbonyl (C=O) groups excluding carboxylic acids is 1. The standard InChI is InChI=1S/C15H20FNO2/c1-17-15(10-3-6-12(18)7-4-10)11-5-8-14(19-2)13(16)9-11/h5,8-10,15,17H,3-4,6-7H2,1-2H3. The van der Waals surface area contributed by atoms with Gasteiger partial charge in [0.05, 0.1) is 7.11 Å². The Bertz CT molecular complexity index is 451. The highest BCUT2D eigenvalue weighted by molar-refractivity contribution is 5.79. The van der Waals surface area contributed by atoms with E-state index < -0.39 is 0 Å². The summed E-state index contributed by atoms with van der Waals surface area (Å²) in [6, 6.07) is 5.16. The molecule has 3 nitrogen and oxygen atoms in total. The number of hydrogen-bond acceptors (Lipinski definition) is 3. The number of hydrogen-bond donors (Lipinski definition) is 1.